The Balaban J connectivity index is 2.74. The second kappa shape index (κ2) is 8.39. The van der Waals surface area contributed by atoms with Crippen molar-refractivity contribution >= 4 is 10.0 Å². The van der Waals surface area contributed by atoms with Crippen molar-refractivity contribution in [3.8, 4) is 0 Å². The molecule has 0 radical (unpaired) electrons. The molecule has 0 fully saturated rings. The van der Waals surface area contributed by atoms with E-state index in [1.807, 2.05) is 6.92 Å². The van der Waals surface area contributed by atoms with E-state index in [2.05, 4.69) is 16.7 Å². The SMILES string of the molecule is CCCCC(CCC)NS(=O)(=O)c1cnn(CCO)c1. The topological polar surface area (TPSA) is 84.2 Å². The molecule has 0 bridgehead atoms. The zero-order valence-corrected chi connectivity index (χ0v) is 13.1. The van der Waals surface area contributed by atoms with Crippen LogP contribution in [0.25, 0.3) is 0 Å². The van der Waals surface area contributed by atoms with Crippen molar-refractivity contribution in [3.05, 3.63) is 12.4 Å². The third-order valence-electron chi connectivity index (χ3n) is 3.11. The number of aliphatic hydroxyl groups excluding tert-OH is 1. The van der Waals surface area contributed by atoms with E-state index in [9.17, 15) is 8.42 Å². The molecular weight excluding hydrogens is 278 g/mol. The molecule has 0 aromatic carbocycles. The average Bonchev–Trinajstić information content (AvgIpc) is 2.86. The first-order valence-corrected chi connectivity index (χ1v) is 8.67. The highest BCUT2D eigenvalue weighted by molar-refractivity contribution is 7.89. The van der Waals surface area contributed by atoms with Crippen molar-refractivity contribution < 1.29 is 13.5 Å². The summed E-state index contributed by atoms with van der Waals surface area (Å²) in [6.45, 7) is 4.37. The highest BCUT2D eigenvalue weighted by Gasteiger charge is 2.20. The first-order valence-electron chi connectivity index (χ1n) is 7.19. The van der Waals surface area contributed by atoms with Crippen molar-refractivity contribution in [1.82, 2.24) is 14.5 Å². The van der Waals surface area contributed by atoms with E-state index in [0.717, 1.165) is 32.1 Å². The predicted molar refractivity (Wildman–Crippen MR) is 77.9 cm³/mol. The zero-order chi connectivity index (χ0) is 15.0. The summed E-state index contributed by atoms with van der Waals surface area (Å²) < 4.78 is 28.7. The Morgan fingerprint density at radius 2 is 2.10 bits per heavy atom. The minimum Gasteiger partial charge on any atom is -0.394 e. The molecule has 2 N–H and O–H groups in total. The van der Waals surface area contributed by atoms with E-state index in [-0.39, 0.29) is 17.5 Å². The molecule has 0 saturated carbocycles. The Bertz CT molecular complexity index is 485. The Hall–Kier alpha value is -0.920. The van der Waals surface area contributed by atoms with Crippen molar-refractivity contribution in [1.29, 1.82) is 0 Å². The maximum Gasteiger partial charge on any atom is 0.243 e. The fourth-order valence-corrected chi connectivity index (χ4v) is 3.31. The summed E-state index contributed by atoms with van der Waals surface area (Å²) in [6, 6.07) is -0.0221. The largest absolute Gasteiger partial charge is 0.394 e. The zero-order valence-electron chi connectivity index (χ0n) is 12.2. The standard InChI is InChI=1S/C13H25N3O3S/c1-3-5-7-12(6-4-2)15-20(18,19)13-10-14-16(11-13)8-9-17/h10-12,15,17H,3-9H2,1-2H3. The average molecular weight is 303 g/mol. The van der Waals surface area contributed by atoms with Crippen molar-refractivity contribution in [3.63, 3.8) is 0 Å². The van der Waals surface area contributed by atoms with Gasteiger partial charge < -0.3 is 5.11 Å². The van der Waals surface area contributed by atoms with Gasteiger partial charge in [-0.2, -0.15) is 5.10 Å². The normalized spacial score (nSPS) is 13.6. The summed E-state index contributed by atoms with van der Waals surface area (Å²) in [5.41, 5.74) is 0. The number of aromatic nitrogens is 2. The molecule has 116 valence electrons. The van der Waals surface area contributed by atoms with E-state index in [1.165, 1.54) is 17.1 Å². The predicted octanol–water partition coefficient (Wildman–Crippen LogP) is 1.51. The Morgan fingerprint density at radius 3 is 2.70 bits per heavy atom. The molecule has 0 spiro atoms. The van der Waals surface area contributed by atoms with Crippen LogP contribution < -0.4 is 4.72 Å². The number of rotatable bonds is 10. The summed E-state index contributed by atoms with van der Waals surface area (Å²) in [5.74, 6) is 0. The molecule has 1 unspecified atom stereocenters. The van der Waals surface area contributed by atoms with Crippen LogP contribution in [0.5, 0.6) is 0 Å². The number of unbranched alkanes of at least 4 members (excludes halogenated alkanes) is 1. The number of sulfonamides is 1. The van der Waals surface area contributed by atoms with Gasteiger partial charge in [-0.1, -0.05) is 33.1 Å². The van der Waals surface area contributed by atoms with Crippen LogP contribution in [0, 0.1) is 0 Å². The smallest absolute Gasteiger partial charge is 0.243 e. The lowest BCUT2D eigenvalue weighted by atomic mass is 10.1. The lowest BCUT2D eigenvalue weighted by molar-refractivity contribution is 0.269. The minimum absolute atomic E-state index is 0.0221. The van der Waals surface area contributed by atoms with Gasteiger partial charge in [-0.25, -0.2) is 13.1 Å². The van der Waals surface area contributed by atoms with Crippen LogP contribution in [-0.4, -0.2) is 36.0 Å². The molecule has 0 amide bonds. The van der Waals surface area contributed by atoms with Crippen LogP contribution in [0.1, 0.15) is 46.0 Å². The first-order chi connectivity index (χ1) is 9.53. The summed E-state index contributed by atoms with van der Waals surface area (Å²) in [6.07, 6.45) is 7.47. The lowest BCUT2D eigenvalue weighted by Gasteiger charge is -2.17. The van der Waals surface area contributed by atoms with E-state index < -0.39 is 10.0 Å². The fraction of sp³-hybridized carbons (Fsp3) is 0.769. The Kier molecular flexibility index (Phi) is 7.18. The summed E-state index contributed by atoms with van der Waals surface area (Å²) in [5, 5.41) is 12.7. The number of aliphatic hydroxyl groups is 1. The van der Waals surface area contributed by atoms with Crippen LogP contribution in [0.4, 0.5) is 0 Å². The van der Waals surface area contributed by atoms with E-state index in [1.54, 1.807) is 0 Å². The molecule has 1 atom stereocenters. The van der Waals surface area contributed by atoms with Crippen LogP contribution in [0.15, 0.2) is 17.3 Å². The minimum atomic E-state index is -3.52. The van der Waals surface area contributed by atoms with Gasteiger partial charge in [0.1, 0.15) is 4.90 Å². The first kappa shape index (κ1) is 17.1. The van der Waals surface area contributed by atoms with Gasteiger partial charge in [-0.15, -0.1) is 0 Å². The second-order valence-corrected chi connectivity index (χ2v) is 6.63. The van der Waals surface area contributed by atoms with Gasteiger partial charge in [0.25, 0.3) is 0 Å². The van der Waals surface area contributed by atoms with E-state index in [4.69, 9.17) is 5.11 Å². The highest BCUT2D eigenvalue weighted by Crippen LogP contribution is 2.13. The molecule has 0 aliphatic carbocycles. The molecule has 0 aliphatic rings. The molecule has 1 rings (SSSR count). The molecule has 7 heteroatoms. The van der Waals surface area contributed by atoms with Gasteiger partial charge in [0.15, 0.2) is 0 Å². The monoisotopic (exact) mass is 303 g/mol. The van der Waals surface area contributed by atoms with Gasteiger partial charge in [0.05, 0.1) is 19.3 Å². The van der Waals surface area contributed by atoms with Crippen molar-refractivity contribution in [2.75, 3.05) is 6.61 Å². The molecular formula is C13H25N3O3S. The van der Waals surface area contributed by atoms with Gasteiger partial charge in [-0.05, 0) is 12.8 Å². The van der Waals surface area contributed by atoms with Gasteiger partial charge in [-0.3, -0.25) is 4.68 Å². The van der Waals surface area contributed by atoms with Crippen LogP contribution >= 0.6 is 0 Å². The third kappa shape index (κ3) is 5.22. The molecule has 6 nitrogen and oxygen atoms in total. The van der Waals surface area contributed by atoms with Gasteiger partial charge in [0.2, 0.25) is 10.0 Å². The van der Waals surface area contributed by atoms with Crippen molar-refractivity contribution in [2.45, 2.75) is 63.4 Å². The molecule has 20 heavy (non-hydrogen) atoms. The maximum absolute atomic E-state index is 12.3. The number of nitrogens with zero attached hydrogens (tertiary/aromatic N) is 2. The number of hydrogen-bond acceptors (Lipinski definition) is 4. The lowest BCUT2D eigenvalue weighted by Crippen LogP contribution is -2.34. The summed E-state index contributed by atoms with van der Waals surface area (Å²) >= 11 is 0. The molecule has 0 saturated heterocycles. The molecule has 1 heterocycles. The Labute approximate surface area is 121 Å². The van der Waals surface area contributed by atoms with Crippen molar-refractivity contribution in [2.24, 2.45) is 0 Å². The quantitative estimate of drug-likeness (QED) is 0.686. The maximum atomic E-state index is 12.3. The Morgan fingerprint density at radius 1 is 1.35 bits per heavy atom. The second-order valence-electron chi connectivity index (χ2n) is 4.91. The van der Waals surface area contributed by atoms with Gasteiger partial charge >= 0.3 is 0 Å². The van der Waals surface area contributed by atoms with Crippen LogP contribution in [0.2, 0.25) is 0 Å². The molecule has 1 aromatic rings. The number of nitrogens with one attached hydrogen (secondary N) is 1. The van der Waals surface area contributed by atoms with Crippen LogP contribution in [-0.2, 0) is 16.6 Å². The van der Waals surface area contributed by atoms with Crippen LogP contribution in [0.3, 0.4) is 0 Å². The molecule has 1 aromatic heterocycles. The summed E-state index contributed by atoms with van der Waals surface area (Å²) in [4.78, 5) is 0.156. The van der Waals surface area contributed by atoms with Gasteiger partial charge in [0, 0.05) is 12.2 Å². The number of hydrogen-bond donors (Lipinski definition) is 2. The van der Waals surface area contributed by atoms with E-state index in [0.29, 0.717) is 6.54 Å². The summed E-state index contributed by atoms with van der Waals surface area (Å²) in [7, 11) is -3.52. The fourth-order valence-electron chi connectivity index (χ4n) is 2.06. The highest BCUT2D eigenvalue weighted by atomic mass is 32.2. The van der Waals surface area contributed by atoms with E-state index >= 15 is 0 Å². The molecule has 0 aliphatic heterocycles. The third-order valence-corrected chi connectivity index (χ3v) is 4.59.